The summed E-state index contributed by atoms with van der Waals surface area (Å²) < 4.78 is 17.0. The highest BCUT2D eigenvalue weighted by molar-refractivity contribution is 7.99. The fourth-order valence-corrected chi connectivity index (χ4v) is 4.56. The molecule has 2 aromatic rings. The molecule has 1 unspecified atom stereocenters. The minimum atomic E-state index is -0.974. The molecule has 0 fully saturated rings. The van der Waals surface area contributed by atoms with E-state index >= 15 is 0 Å². The van der Waals surface area contributed by atoms with Gasteiger partial charge in [-0.05, 0) is 92.5 Å². The molecule has 2 aromatic carbocycles. The summed E-state index contributed by atoms with van der Waals surface area (Å²) in [6.45, 7) is 11.6. The van der Waals surface area contributed by atoms with E-state index in [1.165, 1.54) is 0 Å². The van der Waals surface area contributed by atoms with Crippen LogP contribution in [-0.4, -0.2) is 66.0 Å². The number of ether oxygens (including phenoxy) is 3. The summed E-state index contributed by atoms with van der Waals surface area (Å²) in [7, 11) is 0. The first-order valence-corrected chi connectivity index (χ1v) is 14.1. The second-order valence-electron chi connectivity index (χ2n) is 9.00. The predicted octanol–water partition coefficient (Wildman–Crippen LogP) is 6.06. The Morgan fingerprint density at radius 3 is 2.32 bits per heavy atom. The maximum Gasteiger partial charge on any atom is 0.415 e. The fourth-order valence-electron chi connectivity index (χ4n) is 3.73. The van der Waals surface area contributed by atoms with Gasteiger partial charge >= 0.3 is 12.1 Å². The zero-order chi connectivity index (χ0) is 27.2. The van der Waals surface area contributed by atoms with Crippen molar-refractivity contribution in [3.8, 4) is 11.5 Å². The van der Waals surface area contributed by atoms with E-state index in [2.05, 4.69) is 6.92 Å². The van der Waals surface area contributed by atoms with Gasteiger partial charge in [0.2, 0.25) is 0 Å². The number of thioether (sulfide) groups is 1. The summed E-state index contributed by atoms with van der Waals surface area (Å²) in [6.07, 6.45) is 1.06. The summed E-state index contributed by atoms with van der Waals surface area (Å²) in [5, 5.41) is 9.28. The maximum atomic E-state index is 13.1. The molecule has 7 nitrogen and oxygen atoms in total. The first kappa shape index (κ1) is 30.5. The van der Waals surface area contributed by atoms with E-state index < -0.39 is 12.1 Å². The molecule has 8 heteroatoms. The maximum absolute atomic E-state index is 13.1. The van der Waals surface area contributed by atoms with E-state index in [9.17, 15) is 14.7 Å². The van der Waals surface area contributed by atoms with E-state index in [0.29, 0.717) is 37.8 Å². The van der Waals surface area contributed by atoms with Crippen molar-refractivity contribution in [2.75, 3.05) is 37.8 Å². The number of hydrogen-bond acceptors (Lipinski definition) is 6. The van der Waals surface area contributed by atoms with Crippen LogP contribution in [0.3, 0.4) is 0 Å². The van der Waals surface area contributed by atoms with Gasteiger partial charge in [-0.2, -0.15) is 11.8 Å². The van der Waals surface area contributed by atoms with Crippen molar-refractivity contribution in [3.05, 3.63) is 58.7 Å². The van der Waals surface area contributed by atoms with Crippen LogP contribution in [0, 0.1) is 20.8 Å². The highest BCUT2D eigenvalue weighted by Gasteiger charge is 2.19. The molecule has 0 spiro atoms. The highest BCUT2D eigenvalue weighted by atomic mass is 32.2. The lowest BCUT2D eigenvalue weighted by molar-refractivity contribution is -0.149. The van der Waals surface area contributed by atoms with Crippen LogP contribution < -0.4 is 9.47 Å². The number of nitrogens with zero attached hydrogens (tertiary/aromatic N) is 1. The zero-order valence-electron chi connectivity index (χ0n) is 22.7. The van der Waals surface area contributed by atoms with E-state index in [1.807, 2.05) is 68.9 Å². The van der Waals surface area contributed by atoms with Crippen molar-refractivity contribution in [1.29, 1.82) is 0 Å². The highest BCUT2D eigenvalue weighted by Crippen LogP contribution is 2.23. The number of aryl methyl sites for hydroxylation is 3. The summed E-state index contributed by atoms with van der Waals surface area (Å²) in [4.78, 5) is 26.1. The monoisotopic (exact) mass is 531 g/mol. The fraction of sp³-hybridized carbons (Fsp3) is 0.517. The van der Waals surface area contributed by atoms with Crippen molar-refractivity contribution in [1.82, 2.24) is 4.90 Å². The van der Waals surface area contributed by atoms with Gasteiger partial charge in [0.25, 0.3) is 0 Å². The van der Waals surface area contributed by atoms with Crippen molar-refractivity contribution in [2.45, 2.75) is 60.0 Å². The van der Waals surface area contributed by atoms with Gasteiger partial charge in [-0.15, -0.1) is 0 Å². The first-order chi connectivity index (χ1) is 17.7. The minimum absolute atomic E-state index is 0.289. The van der Waals surface area contributed by atoms with E-state index in [0.717, 1.165) is 46.6 Å². The molecule has 1 amide bonds. The third kappa shape index (κ3) is 10.7. The minimum Gasteiger partial charge on any atom is -0.492 e. The Balaban J connectivity index is 1.96. The second-order valence-corrected chi connectivity index (χ2v) is 10.2. The smallest absolute Gasteiger partial charge is 0.415 e. The van der Waals surface area contributed by atoms with Gasteiger partial charge in [-0.1, -0.05) is 25.1 Å². The number of rotatable bonds is 16. The van der Waals surface area contributed by atoms with Gasteiger partial charge < -0.3 is 24.2 Å². The van der Waals surface area contributed by atoms with Crippen LogP contribution in [0.25, 0.3) is 0 Å². The number of carbonyl (C=O) groups excluding carboxylic acids is 1. The Labute approximate surface area is 225 Å². The van der Waals surface area contributed by atoms with Gasteiger partial charge in [0.1, 0.15) is 18.1 Å². The molecule has 0 bridgehead atoms. The number of aliphatic carboxylic acids is 1. The molecule has 1 atom stereocenters. The van der Waals surface area contributed by atoms with Gasteiger partial charge in [-0.25, -0.2) is 9.59 Å². The van der Waals surface area contributed by atoms with Crippen molar-refractivity contribution in [2.24, 2.45) is 0 Å². The standard InChI is InChI=1S/C29H41NO6S/c1-6-16-37-17-8-13-30(29(33)36-26-19-22(4)21(3)18-23(26)5)14-15-35-25-11-9-24(10-12-25)20-27(28(31)32)34-7-2/h9-12,18-19,27H,6-8,13-17,20H2,1-5H3,(H,31,32). The molecule has 0 saturated heterocycles. The second kappa shape index (κ2) is 16.2. The Kier molecular flexibility index (Phi) is 13.4. The van der Waals surface area contributed by atoms with Crippen LogP contribution in [-0.2, 0) is 16.0 Å². The Morgan fingerprint density at radius 1 is 0.973 bits per heavy atom. The van der Waals surface area contributed by atoms with Crippen LogP contribution in [0.5, 0.6) is 11.5 Å². The number of benzene rings is 2. The van der Waals surface area contributed by atoms with Crippen molar-refractivity contribution >= 4 is 23.8 Å². The van der Waals surface area contributed by atoms with Crippen LogP contribution in [0.15, 0.2) is 36.4 Å². The molecule has 204 valence electrons. The number of carboxylic acids is 1. The number of hydrogen-bond donors (Lipinski definition) is 1. The summed E-state index contributed by atoms with van der Waals surface area (Å²) in [5.41, 5.74) is 4.03. The molecule has 0 saturated carbocycles. The molecule has 37 heavy (non-hydrogen) atoms. The summed E-state index contributed by atoms with van der Waals surface area (Å²) in [6, 6.07) is 11.2. The molecule has 0 heterocycles. The third-order valence-corrected chi connectivity index (χ3v) is 7.20. The molecule has 0 aliphatic heterocycles. The average Bonchev–Trinajstić information content (AvgIpc) is 2.86. The molecular weight excluding hydrogens is 490 g/mol. The molecule has 0 radical (unpaired) electrons. The van der Waals surface area contributed by atoms with Gasteiger partial charge in [0.15, 0.2) is 6.10 Å². The number of carbonyl (C=O) groups is 2. The number of carboxylic acid groups (broad SMARTS) is 1. The van der Waals surface area contributed by atoms with Gasteiger partial charge in [0.05, 0.1) is 6.54 Å². The molecule has 0 aromatic heterocycles. The Hall–Kier alpha value is -2.71. The van der Waals surface area contributed by atoms with Crippen LogP contribution in [0.4, 0.5) is 4.79 Å². The summed E-state index contributed by atoms with van der Waals surface area (Å²) >= 11 is 1.89. The SMILES string of the molecule is CCCSCCCN(CCOc1ccc(CC(OCC)C(=O)O)cc1)C(=O)Oc1cc(C)c(C)cc1C. The Bertz CT molecular complexity index is 995. The van der Waals surface area contributed by atoms with Crippen LogP contribution in [0.2, 0.25) is 0 Å². The molecule has 0 aliphatic carbocycles. The Morgan fingerprint density at radius 2 is 1.68 bits per heavy atom. The van der Waals surface area contributed by atoms with Crippen LogP contribution in [0.1, 0.15) is 48.9 Å². The lowest BCUT2D eigenvalue weighted by atomic mass is 10.1. The zero-order valence-corrected chi connectivity index (χ0v) is 23.6. The van der Waals surface area contributed by atoms with Gasteiger partial charge in [0, 0.05) is 19.6 Å². The largest absolute Gasteiger partial charge is 0.492 e. The lowest BCUT2D eigenvalue weighted by Gasteiger charge is -2.23. The quantitative estimate of drug-likeness (QED) is 0.264. The molecular formula is C29H41NO6S. The molecule has 1 N–H and O–H groups in total. The normalized spacial score (nSPS) is 11.7. The van der Waals surface area contributed by atoms with Crippen LogP contribution >= 0.6 is 11.8 Å². The number of amides is 1. The van der Waals surface area contributed by atoms with E-state index in [-0.39, 0.29) is 12.5 Å². The third-order valence-electron chi connectivity index (χ3n) is 5.93. The van der Waals surface area contributed by atoms with Crippen molar-refractivity contribution < 1.29 is 28.9 Å². The first-order valence-electron chi connectivity index (χ1n) is 12.9. The van der Waals surface area contributed by atoms with Crippen molar-refractivity contribution in [3.63, 3.8) is 0 Å². The predicted molar refractivity (Wildman–Crippen MR) is 149 cm³/mol. The lowest BCUT2D eigenvalue weighted by Crippen LogP contribution is -2.37. The average molecular weight is 532 g/mol. The van der Waals surface area contributed by atoms with E-state index in [1.54, 1.807) is 11.8 Å². The molecule has 2 rings (SSSR count). The topological polar surface area (TPSA) is 85.3 Å². The van der Waals surface area contributed by atoms with E-state index in [4.69, 9.17) is 14.2 Å². The molecule has 0 aliphatic rings. The van der Waals surface area contributed by atoms with Gasteiger partial charge in [-0.3, -0.25) is 0 Å². The summed E-state index contributed by atoms with van der Waals surface area (Å²) in [5.74, 6) is 2.37.